The van der Waals surface area contributed by atoms with E-state index >= 15 is 0 Å². The van der Waals surface area contributed by atoms with Crippen molar-refractivity contribution < 1.29 is 4.43 Å². The Bertz CT molecular complexity index is 291. The van der Waals surface area contributed by atoms with Crippen molar-refractivity contribution in [3.63, 3.8) is 0 Å². The van der Waals surface area contributed by atoms with Crippen molar-refractivity contribution in [1.29, 1.82) is 0 Å². The van der Waals surface area contributed by atoms with Crippen LogP contribution in [-0.4, -0.2) is 48.7 Å². The van der Waals surface area contributed by atoms with Gasteiger partial charge in [0.25, 0.3) is 0 Å². The summed E-state index contributed by atoms with van der Waals surface area (Å²) in [6, 6.07) is 2.72. The summed E-state index contributed by atoms with van der Waals surface area (Å²) in [7, 11) is -3.18. The van der Waals surface area contributed by atoms with Gasteiger partial charge in [0.15, 0.2) is 8.32 Å². The molecule has 1 aliphatic heterocycles. The van der Waals surface area contributed by atoms with E-state index in [9.17, 15) is 0 Å². The molecule has 0 amide bonds. The SMILES string of the molecule is CCO[Si](C)(C)CCCN.C[Si](C)(C)N1CCC[Si]1(C)C. The second-order valence-corrected chi connectivity index (χ2v) is 22.6. The van der Waals surface area contributed by atoms with Gasteiger partial charge in [-0.3, -0.25) is 0 Å². The predicted octanol–water partition coefficient (Wildman–Crippen LogP) is 4.31. The van der Waals surface area contributed by atoms with E-state index in [1.165, 1.54) is 25.1 Å². The number of hydrogen-bond donors (Lipinski definition) is 1. The highest BCUT2D eigenvalue weighted by atomic mass is 28.4. The van der Waals surface area contributed by atoms with Crippen LogP contribution in [0.1, 0.15) is 19.8 Å². The van der Waals surface area contributed by atoms with E-state index in [0.717, 1.165) is 19.6 Å². The molecule has 0 aromatic carbocycles. The number of rotatable bonds is 6. The maximum Gasteiger partial charge on any atom is 0.186 e. The topological polar surface area (TPSA) is 38.5 Å². The molecule has 0 unspecified atom stereocenters. The molecule has 21 heavy (non-hydrogen) atoms. The van der Waals surface area contributed by atoms with Gasteiger partial charge in [-0.15, -0.1) is 0 Å². The van der Waals surface area contributed by atoms with Crippen molar-refractivity contribution in [2.24, 2.45) is 5.73 Å². The van der Waals surface area contributed by atoms with Crippen LogP contribution >= 0.6 is 0 Å². The van der Waals surface area contributed by atoms with Crippen LogP contribution < -0.4 is 5.73 Å². The third-order valence-electron chi connectivity index (χ3n) is 4.23. The predicted molar refractivity (Wildman–Crippen MR) is 105 cm³/mol. The van der Waals surface area contributed by atoms with Crippen LogP contribution in [0.2, 0.25) is 57.9 Å². The van der Waals surface area contributed by atoms with Gasteiger partial charge in [-0.05, 0) is 58.0 Å². The molecule has 1 rings (SSSR count). The molecule has 3 nitrogen and oxygen atoms in total. The van der Waals surface area contributed by atoms with Crippen LogP contribution in [0.5, 0.6) is 0 Å². The monoisotopic (exact) mass is 348 g/mol. The molecule has 0 bridgehead atoms. The molecule has 1 aliphatic rings. The van der Waals surface area contributed by atoms with E-state index < -0.39 is 24.8 Å². The largest absolute Gasteiger partial charge is 0.418 e. The van der Waals surface area contributed by atoms with E-state index in [4.69, 9.17) is 10.2 Å². The molecule has 0 atom stereocenters. The van der Waals surface area contributed by atoms with Crippen molar-refractivity contribution in [3.05, 3.63) is 0 Å². The number of nitrogens with two attached hydrogens (primary N) is 1. The average Bonchev–Trinajstić information content (AvgIpc) is 2.67. The zero-order valence-electron chi connectivity index (χ0n) is 15.9. The van der Waals surface area contributed by atoms with Crippen molar-refractivity contribution in [2.75, 3.05) is 19.7 Å². The minimum Gasteiger partial charge on any atom is -0.418 e. The summed E-state index contributed by atoms with van der Waals surface area (Å²) in [5.74, 6) is 0. The van der Waals surface area contributed by atoms with Crippen molar-refractivity contribution >= 4 is 24.8 Å². The van der Waals surface area contributed by atoms with Crippen molar-refractivity contribution in [1.82, 2.24) is 4.23 Å². The highest BCUT2D eigenvalue weighted by molar-refractivity contribution is 6.90. The highest BCUT2D eigenvalue weighted by Gasteiger charge is 2.40. The van der Waals surface area contributed by atoms with Crippen molar-refractivity contribution in [3.8, 4) is 0 Å². The first kappa shape index (κ1) is 21.5. The Morgan fingerprint density at radius 2 is 1.71 bits per heavy atom. The summed E-state index contributed by atoms with van der Waals surface area (Å²) in [4.78, 5) is 0. The molecule has 0 aromatic rings. The second-order valence-electron chi connectivity index (χ2n) is 8.32. The van der Waals surface area contributed by atoms with Gasteiger partial charge in [-0.1, -0.05) is 32.7 Å². The maximum absolute atomic E-state index is 5.61. The maximum atomic E-state index is 5.61. The van der Waals surface area contributed by atoms with Crippen LogP contribution in [0.15, 0.2) is 0 Å². The summed E-state index contributed by atoms with van der Waals surface area (Å²) in [5.41, 5.74) is 5.40. The Labute approximate surface area is 136 Å². The number of hydrogen-bond acceptors (Lipinski definition) is 3. The summed E-state index contributed by atoms with van der Waals surface area (Å²) in [6.45, 7) is 22.1. The fourth-order valence-electron chi connectivity index (χ4n) is 3.34. The summed E-state index contributed by atoms with van der Waals surface area (Å²) < 4.78 is 8.50. The third kappa shape index (κ3) is 8.66. The quantitative estimate of drug-likeness (QED) is 0.727. The van der Waals surface area contributed by atoms with E-state index in [1.54, 1.807) is 0 Å². The molecule has 128 valence electrons. The van der Waals surface area contributed by atoms with E-state index in [1.807, 2.05) is 0 Å². The van der Waals surface area contributed by atoms with Gasteiger partial charge in [0.2, 0.25) is 0 Å². The van der Waals surface area contributed by atoms with Crippen LogP contribution in [0.4, 0.5) is 0 Å². The molecule has 0 saturated carbocycles. The van der Waals surface area contributed by atoms with Gasteiger partial charge in [-0.2, -0.15) is 0 Å². The van der Waals surface area contributed by atoms with Crippen molar-refractivity contribution in [2.45, 2.75) is 77.7 Å². The van der Waals surface area contributed by atoms with Crippen LogP contribution in [0.25, 0.3) is 0 Å². The first-order chi connectivity index (χ1) is 9.46. The Balaban J connectivity index is 0.000000384. The molecule has 0 radical (unpaired) electrons. The Hall–Kier alpha value is 0.531. The van der Waals surface area contributed by atoms with Crippen LogP contribution in [0, 0.1) is 0 Å². The fraction of sp³-hybridized carbons (Fsp3) is 1.00. The zero-order valence-corrected chi connectivity index (χ0v) is 18.9. The first-order valence-corrected chi connectivity index (χ1v) is 18.3. The molecule has 1 saturated heterocycles. The van der Waals surface area contributed by atoms with Crippen LogP contribution in [-0.2, 0) is 4.43 Å². The molecule has 0 spiro atoms. The van der Waals surface area contributed by atoms with E-state index in [-0.39, 0.29) is 0 Å². The summed E-state index contributed by atoms with van der Waals surface area (Å²) >= 11 is 0. The minimum absolute atomic E-state index is 0.795. The first-order valence-electron chi connectivity index (χ1n) is 8.58. The van der Waals surface area contributed by atoms with Crippen LogP contribution in [0.3, 0.4) is 0 Å². The minimum atomic E-state index is -1.30. The lowest BCUT2D eigenvalue weighted by Crippen LogP contribution is -2.56. The van der Waals surface area contributed by atoms with Gasteiger partial charge in [0, 0.05) is 6.61 Å². The Morgan fingerprint density at radius 3 is 2.00 bits per heavy atom. The zero-order chi connectivity index (χ0) is 16.7. The van der Waals surface area contributed by atoms with Gasteiger partial charge in [0.1, 0.15) is 16.5 Å². The van der Waals surface area contributed by atoms with Gasteiger partial charge >= 0.3 is 0 Å². The third-order valence-corrected chi connectivity index (χ3v) is 15.8. The fourth-order valence-corrected chi connectivity index (χ4v) is 15.8. The molecule has 1 heterocycles. The Kier molecular flexibility index (Phi) is 9.21. The molecule has 6 heteroatoms. The van der Waals surface area contributed by atoms with Gasteiger partial charge in [0.05, 0.1) is 0 Å². The van der Waals surface area contributed by atoms with Gasteiger partial charge in [-0.25, -0.2) is 0 Å². The average molecular weight is 349 g/mol. The second kappa shape index (κ2) is 8.98. The van der Waals surface area contributed by atoms with E-state index in [2.05, 4.69) is 57.0 Å². The van der Waals surface area contributed by atoms with E-state index in [0.29, 0.717) is 0 Å². The normalized spacial score (nSPS) is 19.3. The lowest BCUT2D eigenvalue weighted by Gasteiger charge is -2.40. The number of nitrogens with zero attached hydrogens (tertiary/aromatic N) is 1. The standard InChI is InChI=1S/C8H21NSi2.C7H19NOSi/c1-10(2,3)9-7-6-8-11(9,4)5;1-4-9-10(2,3)7-5-6-8/h6-8H2,1-5H3;4-8H2,1-3H3. The molecule has 2 N–H and O–H groups in total. The molecule has 0 aliphatic carbocycles. The lowest BCUT2D eigenvalue weighted by atomic mass is 10.5. The smallest absolute Gasteiger partial charge is 0.186 e. The molecular formula is C15H40N2OSi3. The highest BCUT2D eigenvalue weighted by Crippen LogP contribution is 2.30. The lowest BCUT2D eigenvalue weighted by molar-refractivity contribution is 0.328. The summed E-state index contributed by atoms with van der Waals surface area (Å²) in [5, 5.41) is 0. The molecule has 0 aromatic heterocycles. The van der Waals surface area contributed by atoms with Gasteiger partial charge < -0.3 is 14.4 Å². The molecular weight excluding hydrogens is 308 g/mol. The molecule has 1 fully saturated rings. The Morgan fingerprint density at radius 1 is 1.14 bits per heavy atom. The summed E-state index contributed by atoms with van der Waals surface area (Å²) in [6.07, 6.45) is 2.57.